The van der Waals surface area contributed by atoms with E-state index in [9.17, 15) is 4.79 Å². The molecule has 0 aliphatic carbocycles. The largest absolute Gasteiger partial charge is 0.462 e. The molecule has 32 heavy (non-hydrogen) atoms. The molecule has 166 valence electrons. The minimum absolute atomic E-state index is 0.00900. The zero-order valence-corrected chi connectivity index (χ0v) is 19.8. The molecular weight excluding hydrogens is 472 g/mol. The Balaban J connectivity index is 1.84. The fourth-order valence-electron chi connectivity index (χ4n) is 3.43. The number of aromatic nitrogens is 3. The normalized spacial score (nSPS) is 11.3. The van der Waals surface area contributed by atoms with Crippen molar-refractivity contribution in [3.8, 4) is 5.69 Å². The average Bonchev–Trinajstić information content (AvgIpc) is 3.34. The first-order valence-electron chi connectivity index (χ1n) is 10.1. The molecule has 0 fully saturated rings. The van der Waals surface area contributed by atoms with Crippen molar-refractivity contribution in [1.82, 2.24) is 14.3 Å². The van der Waals surface area contributed by atoms with Crippen molar-refractivity contribution >= 4 is 51.8 Å². The zero-order chi connectivity index (χ0) is 22.8. The number of rotatable bonds is 7. The SMILES string of the molecule is CCCn1cc(-n2c(Cl)c(Sc3cccc(C(=O)OCC)c3)c3ccc(Cl)c(F)c32)cn1. The van der Waals surface area contributed by atoms with E-state index in [2.05, 4.69) is 12.0 Å². The highest BCUT2D eigenvalue weighted by molar-refractivity contribution is 7.99. The van der Waals surface area contributed by atoms with Gasteiger partial charge < -0.3 is 4.74 Å². The Kier molecular flexibility index (Phi) is 6.79. The summed E-state index contributed by atoms with van der Waals surface area (Å²) in [6, 6.07) is 10.3. The minimum atomic E-state index is -0.554. The molecule has 9 heteroatoms. The van der Waals surface area contributed by atoms with Gasteiger partial charge in [0, 0.05) is 23.0 Å². The lowest BCUT2D eigenvalue weighted by molar-refractivity contribution is 0.0526. The van der Waals surface area contributed by atoms with Gasteiger partial charge >= 0.3 is 5.97 Å². The molecule has 0 saturated carbocycles. The molecule has 0 atom stereocenters. The predicted molar refractivity (Wildman–Crippen MR) is 126 cm³/mol. The second-order valence-corrected chi connectivity index (χ2v) is 8.87. The van der Waals surface area contributed by atoms with Crippen molar-refractivity contribution < 1.29 is 13.9 Å². The van der Waals surface area contributed by atoms with Gasteiger partial charge in [-0.25, -0.2) is 9.18 Å². The summed E-state index contributed by atoms with van der Waals surface area (Å²) in [5.74, 6) is -0.953. The zero-order valence-electron chi connectivity index (χ0n) is 17.4. The summed E-state index contributed by atoms with van der Waals surface area (Å²) in [6.45, 7) is 4.84. The number of carbonyl (C=O) groups excluding carboxylic acids is 1. The number of halogens is 3. The van der Waals surface area contributed by atoms with Crippen LogP contribution < -0.4 is 0 Å². The first kappa shape index (κ1) is 22.7. The molecule has 2 heterocycles. The quantitative estimate of drug-likeness (QED) is 0.261. The number of carbonyl (C=O) groups is 1. The number of esters is 1. The molecule has 0 radical (unpaired) electrons. The fourth-order valence-corrected chi connectivity index (χ4v) is 5.00. The van der Waals surface area contributed by atoms with Crippen LogP contribution in [0, 0.1) is 5.82 Å². The Hall–Kier alpha value is -2.48. The second-order valence-electron chi connectivity index (χ2n) is 7.02. The van der Waals surface area contributed by atoms with E-state index in [-0.39, 0.29) is 10.5 Å². The van der Waals surface area contributed by atoms with Gasteiger partial charge in [0.2, 0.25) is 0 Å². The van der Waals surface area contributed by atoms with E-state index in [1.807, 2.05) is 12.3 Å². The number of ether oxygens (including phenoxy) is 1. The monoisotopic (exact) mass is 491 g/mol. The summed E-state index contributed by atoms with van der Waals surface area (Å²) >= 11 is 14.2. The third-order valence-electron chi connectivity index (χ3n) is 4.82. The smallest absolute Gasteiger partial charge is 0.338 e. The summed E-state index contributed by atoms with van der Waals surface area (Å²) in [4.78, 5) is 13.5. The Morgan fingerprint density at radius 3 is 2.78 bits per heavy atom. The molecule has 0 saturated heterocycles. The molecule has 4 aromatic rings. The fraction of sp³-hybridized carbons (Fsp3) is 0.217. The lowest BCUT2D eigenvalue weighted by Gasteiger charge is -2.06. The van der Waals surface area contributed by atoms with Gasteiger partial charge in [-0.2, -0.15) is 5.10 Å². The lowest BCUT2D eigenvalue weighted by Crippen LogP contribution is -2.04. The molecule has 4 rings (SSSR count). The molecule has 5 nitrogen and oxygen atoms in total. The van der Waals surface area contributed by atoms with Gasteiger partial charge in [-0.1, -0.05) is 48.0 Å². The van der Waals surface area contributed by atoms with Crippen molar-refractivity contribution in [2.24, 2.45) is 0 Å². The van der Waals surface area contributed by atoms with Gasteiger partial charge in [-0.05, 0) is 43.7 Å². The van der Waals surface area contributed by atoms with Gasteiger partial charge in [0.25, 0.3) is 0 Å². The number of benzene rings is 2. The number of nitrogens with zero attached hydrogens (tertiary/aromatic N) is 3. The van der Waals surface area contributed by atoms with Crippen molar-refractivity contribution in [2.45, 2.75) is 36.6 Å². The third kappa shape index (κ3) is 4.25. The summed E-state index contributed by atoms with van der Waals surface area (Å²) in [6.07, 6.45) is 4.39. The molecule has 0 N–H and O–H groups in total. The Morgan fingerprint density at radius 1 is 1.22 bits per heavy atom. The van der Waals surface area contributed by atoms with Gasteiger partial charge in [0.1, 0.15) is 5.15 Å². The van der Waals surface area contributed by atoms with Crippen molar-refractivity contribution in [3.63, 3.8) is 0 Å². The molecule has 2 aromatic heterocycles. The Morgan fingerprint density at radius 2 is 2.03 bits per heavy atom. The Bertz CT molecular complexity index is 1300. The highest BCUT2D eigenvalue weighted by atomic mass is 35.5. The van der Waals surface area contributed by atoms with E-state index in [0.717, 1.165) is 17.9 Å². The number of aryl methyl sites for hydroxylation is 1. The maximum absolute atomic E-state index is 15.2. The van der Waals surface area contributed by atoms with Crippen LogP contribution >= 0.6 is 35.0 Å². The second kappa shape index (κ2) is 9.57. The summed E-state index contributed by atoms with van der Waals surface area (Å²) < 4.78 is 23.7. The number of fused-ring (bicyclic) bond motifs is 1. The van der Waals surface area contributed by atoms with Crippen LogP contribution in [0.3, 0.4) is 0 Å². The van der Waals surface area contributed by atoms with Crippen molar-refractivity contribution in [3.05, 3.63) is 70.3 Å². The lowest BCUT2D eigenvalue weighted by atomic mass is 10.2. The first-order valence-corrected chi connectivity index (χ1v) is 11.7. The van der Waals surface area contributed by atoms with E-state index >= 15 is 4.39 Å². The highest BCUT2D eigenvalue weighted by Gasteiger charge is 2.23. The third-order valence-corrected chi connectivity index (χ3v) is 6.69. The predicted octanol–water partition coefficient (Wildman–Crippen LogP) is 7.01. The van der Waals surface area contributed by atoms with Gasteiger partial charge in [-0.3, -0.25) is 9.25 Å². The van der Waals surface area contributed by atoms with Crippen LogP contribution in [0.5, 0.6) is 0 Å². The molecule has 0 bridgehead atoms. The average molecular weight is 492 g/mol. The van der Waals surface area contributed by atoms with E-state index in [1.165, 1.54) is 17.8 Å². The van der Waals surface area contributed by atoms with Crippen LogP contribution in [-0.2, 0) is 11.3 Å². The maximum Gasteiger partial charge on any atom is 0.338 e. The summed E-state index contributed by atoms with van der Waals surface area (Å²) in [5.41, 5.74) is 1.36. The van der Waals surface area contributed by atoms with Crippen LogP contribution in [-0.4, -0.2) is 26.9 Å². The van der Waals surface area contributed by atoms with Crippen LogP contribution in [0.15, 0.2) is 58.6 Å². The molecule has 0 aliphatic rings. The van der Waals surface area contributed by atoms with E-state index in [4.69, 9.17) is 27.9 Å². The van der Waals surface area contributed by atoms with Crippen molar-refractivity contribution in [2.75, 3.05) is 6.61 Å². The maximum atomic E-state index is 15.2. The topological polar surface area (TPSA) is 49.0 Å². The molecule has 0 amide bonds. The van der Waals surface area contributed by atoms with Gasteiger partial charge in [0.15, 0.2) is 5.82 Å². The van der Waals surface area contributed by atoms with Crippen LogP contribution in [0.25, 0.3) is 16.6 Å². The van der Waals surface area contributed by atoms with E-state index < -0.39 is 11.8 Å². The van der Waals surface area contributed by atoms with Crippen LogP contribution in [0.4, 0.5) is 4.39 Å². The number of hydrogen-bond acceptors (Lipinski definition) is 4. The summed E-state index contributed by atoms with van der Waals surface area (Å²) in [7, 11) is 0. The summed E-state index contributed by atoms with van der Waals surface area (Å²) in [5, 5.41) is 5.31. The Labute approximate surface area is 199 Å². The van der Waals surface area contributed by atoms with E-state index in [0.29, 0.717) is 33.3 Å². The molecule has 0 aliphatic heterocycles. The van der Waals surface area contributed by atoms with Gasteiger partial charge in [0.05, 0.1) is 39.5 Å². The molecule has 2 aromatic carbocycles. The van der Waals surface area contributed by atoms with Crippen LogP contribution in [0.2, 0.25) is 10.2 Å². The highest BCUT2D eigenvalue weighted by Crippen LogP contribution is 2.44. The first-order chi connectivity index (χ1) is 15.4. The standard InChI is InChI=1S/C23H20Cl2FN3O2S/c1-3-10-28-13-15(12-27-28)29-20-17(8-9-18(24)19(20)26)21(22(29)25)32-16-7-5-6-14(11-16)23(30)31-4-2/h5-9,11-13H,3-4,10H2,1-2H3. The van der Waals surface area contributed by atoms with Crippen molar-refractivity contribution in [1.29, 1.82) is 0 Å². The molecule has 0 spiro atoms. The van der Waals surface area contributed by atoms with Gasteiger partial charge in [-0.15, -0.1) is 0 Å². The molecule has 0 unspecified atom stereocenters. The van der Waals surface area contributed by atoms with Crippen LogP contribution in [0.1, 0.15) is 30.6 Å². The number of hydrogen-bond donors (Lipinski definition) is 0. The molecular formula is C23H20Cl2FN3O2S. The van der Waals surface area contributed by atoms with E-state index in [1.54, 1.807) is 46.6 Å². The minimum Gasteiger partial charge on any atom is -0.462 e.